The van der Waals surface area contributed by atoms with Crippen molar-refractivity contribution in [1.29, 1.82) is 0 Å². The quantitative estimate of drug-likeness (QED) is 0.697. The van der Waals surface area contributed by atoms with E-state index in [0.717, 1.165) is 82.6 Å². The van der Waals surface area contributed by atoms with Crippen molar-refractivity contribution in [2.75, 3.05) is 37.7 Å². The van der Waals surface area contributed by atoms with Crippen LogP contribution < -0.4 is 4.90 Å². The lowest BCUT2D eigenvalue weighted by Gasteiger charge is -2.38. The van der Waals surface area contributed by atoms with E-state index in [1.807, 2.05) is 24.0 Å². The molecule has 0 N–H and O–H groups in total. The molecule has 3 aliphatic heterocycles. The van der Waals surface area contributed by atoms with E-state index in [1.54, 1.807) is 12.1 Å². The highest BCUT2D eigenvalue weighted by Gasteiger charge is 2.43. The van der Waals surface area contributed by atoms with Crippen LogP contribution in [0.2, 0.25) is 0 Å². The van der Waals surface area contributed by atoms with Crippen LogP contribution in [-0.4, -0.2) is 59.7 Å². The maximum Gasteiger partial charge on any atom is 0.272 e. The second-order valence-corrected chi connectivity index (χ2v) is 10.0. The molecule has 5 rings (SSSR count). The first kappa shape index (κ1) is 22.3. The van der Waals surface area contributed by atoms with Crippen molar-refractivity contribution < 1.29 is 13.9 Å². The van der Waals surface area contributed by atoms with Gasteiger partial charge in [0.2, 0.25) is 5.95 Å². The highest BCUT2D eigenvalue weighted by atomic mass is 19.1. The minimum absolute atomic E-state index is 0.00355. The van der Waals surface area contributed by atoms with Crippen LogP contribution in [0.25, 0.3) is 0 Å². The number of rotatable bonds is 4. The van der Waals surface area contributed by atoms with Gasteiger partial charge in [-0.1, -0.05) is 12.1 Å². The predicted molar refractivity (Wildman–Crippen MR) is 125 cm³/mol. The number of piperidine rings is 2. The third kappa shape index (κ3) is 5.03. The lowest BCUT2D eigenvalue weighted by molar-refractivity contribution is 0.0492. The minimum Gasteiger partial charge on any atom is -0.377 e. The smallest absolute Gasteiger partial charge is 0.272 e. The number of nitrogens with zero attached hydrogens (tertiary/aromatic N) is 4. The first-order valence-corrected chi connectivity index (χ1v) is 12.3. The molecule has 1 aromatic carbocycles. The van der Waals surface area contributed by atoms with Crippen molar-refractivity contribution >= 4 is 11.9 Å². The summed E-state index contributed by atoms with van der Waals surface area (Å²) < 4.78 is 19.6. The average Bonchev–Trinajstić information content (AvgIpc) is 3.21. The van der Waals surface area contributed by atoms with Crippen LogP contribution in [0.1, 0.15) is 60.3 Å². The highest BCUT2D eigenvalue weighted by molar-refractivity contribution is 5.92. The van der Waals surface area contributed by atoms with Crippen LogP contribution in [-0.2, 0) is 11.2 Å². The molecular weight excluding hydrogens is 419 g/mol. The first-order chi connectivity index (χ1) is 16.0. The molecule has 176 valence electrons. The van der Waals surface area contributed by atoms with E-state index in [1.165, 1.54) is 12.5 Å². The van der Waals surface area contributed by atoms with Gasteiger partial charge in [0.15, 0.2) is 0 Å². The number of benzene rings is 1. The fraction of sp³-hybridized carbons (Fsp3) is 0.577. The molecule has 2 aromatic rings. The number of anilines is 1. The van der Waals surface area contributed by atoms with Crippen LogP contribution in [0, 0.1) is 18.2 Å². The molecule has 4 heterocycles. The molecule has 0 aliphatic carbocycles. The summed E-state index contributed by atoms with van der Waals surface area (Å²) in [4.78, 5) is 26.7. The fourth-order valence-corrected chi connectivity index (χ4v) is 5.55. The van der Waals surface area contributed by atoms with E-state index in [2.05, 4.69) is 14.9 Å². The standard InChI is InChI=1S/C26H33FN4O2/c1-19-14-23(29-25(28-19)31-10-3-2-4-11-31)24(32)30-12-8-26(9-13-30)17-22(33-18-26)16-20-6-5-7-21(27)15-20/h5-7,14-15,22H,2-4,8-13,16-18H2,1H3/t22-/m1/s1. The molecule has 1 amide bonds. The summed E-state index contributed by atoms with van der Waals surface area (Å²) in [5, 5.41) is 0. The van der Waals surface area contributed by atoms with Gasteiger partial charge in [-0.2, -0.15) is 0 Å². The molecule has 3 fully saturated rings. The molecule has 7 heteroatoms. The Morgan fingerprint density at radius 1 is 1.12 bits per heavy atom. The molecule has 0 bridgehead atoms. The Morgan fingerprint density at radius 3 is 2.67 bits per heavy atom. The second-order valence-electron chi connectivity index (χ2n) is 10.0. The Kier molecular flexibility index (Phi) is 6.32. The van der Waals surface area contributed by atoms with Gasteiger partial charge in [-0.05, 0) is 81.0 Å². The molecule has 0 unspecified atom stereocenters. The van der Waals surface area contributed by atoms with Gasteiger partial charge < -0.3 is 14.5 Å². The summed E-state index contributed by atoms with van der Waals surface area (Å²) in [6.07, 6.45) is 7.23. The Labute approximate surface area is 195 Å². The van der Waals surface area contributed by atoms with Crippen molar-refractivity contribution in [3.8, 4) is 0 Å². The van der Waals surface area contributed by atoms with Crippen LogP contribution in [0.3, 0.4) is 0 Å². The summed E-state index contributed by atoms with van der Waals surface area (Å²) in [6, 6.07) is 8.60. The molecule has 3 saturated heterocycles. The monoisotopic (exact) mass is 452 g/mol. The van der Waals surface area contributed by atoms with Gasteiger partial charge in [-0.15, -0.1) is 0 Å². The fourth-order valence-electron chi connectivity index (χ4n) is 5.55. The van der Waals surface area contributed by atoms with Gasteiger partial charge >= 0.3 is 0 Å². The summed E-state index contributed by atoms with van der Waals surface area (Å²) in [6.45, 7) is 6.01. The van der Waals surface area contributed by atoms with E-state index in [-0.39, 0.29) is 23.2 Å². The van der Waals surface area contributed by atoms with Gasteiger partial charge in [-0.25, -0.2) is 14.4 Å². The molecular formula is C26H33FN4O2. The number of hydrogen-bond donors (Lipinski definition) is 0. The van der Waals surface area contributed by atoms with Gasteiger partial charge in [0.1, 0.15) is 11.5 Å². The summed E-state index contributed by atoms with van der Waals surface area (Å²) >= 11 is 0. The molecule has 1 aromatic heterocycles. The van der Waals surface area contributed by atoms with Gasteiger partial charge in [-0.3, -0.25) is 4.79 Å². The Hall–Kier alpha value is -2.54. The highest BCUT2D eigenvalue weighted by Crippen LogP contribution is 2.43. The summed E-state index contributed by atoms with van der Waals surface area (Å²) in [5.41, 5.74) is 2.45. The molecule has 1 spiro atoms. The number of ether oxygens (including phenoxy) is 1. The summed E-state index contributed by atoms with van der Waals surface area (Å²) in [5.74, 6) is 0.496. The number of amides is 1. The van der Waals surface area contributed by atoms with Crippen molar-refractivity contribution in [3.05, 3.63) is 53.1 Å². The van der Waals surface area contributed by atoms with Gasteiger partial charge in [0, 0.05) is 31.9 Å². The maximum absolute atomic E-state index is 13.5. The largest absolute Gasteiger partial charge is 0.377 e. The lowest BCUT2D eigenvalue weighted by atomic mass is 9.76. The number of halogens is 1. The Bertz CT molecular complexity index is 1000. The number of aromatic nitrogens is 2. The van der Waals surface area contributed by atoms with Crippen LogP contribution in [0.15, 0.2) is 30.3 Å². The van der Waals surface area contributed by atoms with E-state index < -0.39 is 0 Å². The van der Waals surface area contributed by atoms with Crippen LogP contribution >= 0.6 is 0 Å². The van der Waals surface area contributed by atoms with Crippen molar-refractivity contribution in [3.63, 3.8) is 0 Å². The number of aryl methyl sites for hydroxylation is 1. The Morgan fingerprint density at radius 2 is 1.91 bits per heavy atom. The van der Waals surface area contributed by atoms with E-state index in [0.29, 0.717) is 11.6 Å². The number of carbonyl (C=O) groups is 1. The Balaban J connectivity index is 1.20. The third-order valence-electron chi connectivity index (χ3n) is 7.45. The predicted octanol–water partition coefficient (Wildman–Crippen LogP) is 4.17. The number of likely N-dealkylation sites (tertiary alicyclic amines) is 1. The van der Waals surface area contributed by atoms with Crippen LogP contribution in [0.4, 0.5) is 10.3 Å². The van der Waals surface area contributed by atoms with Gasteiger partial charge in [0.25, 0.3) is 5.91 Å². The van der Waals surface area contributed by atoms with E-state index >= 15 is 0 Å². The molecule has 0 saturated carbocycles. The molecule has 1 atom stereocenters. The van der Waals surface area contributed by atoms with Crippen molar-refractivity contribution in [1.82, 2.24) is 14.9 Å². The molecule has 33 heavy (non-hydrogen) atoms. The SMILES string of the molecule is Cc1cc(C(=O)N2CCC3(CC2)CO[C@H](Cc2cccc(F)c2)C3)nc(N2CCCCC2)n1. The zero-order valence-electron chi connectivity index (χ0n) is 19.4. The number of carbonyl (C=O) groups excluding carboxylic acids is 1. The molecule has 3 aliphatic rings. The normalized spacial score (nSPS) is 22.7. The van der Waals surface area contributed by atoms with Crippen LogP contribution in [0.5, 0.6) is 0 Å². The molecule has 0 radical (unpaired) electrons. The lowest BCUT2D eigenvalue weighted by Crippen LogP contribution is -2.44. The van der Waals surface area contributed by atoms with Crippen molar-refractivity contribution in [2.24, 2.45) is 5.41 Å². The van der Waals surface area contributed by atoms with Crippen molar-refractivity contribution in [2.45, 2.75) is 58.0 Å². The summed E-state index contributed by atoms with van der Waals surface area (Å²) in [7, 11) is 0. The topological polar surface area (TPSA) is 58.6 Å². The minimum atomic E-state index is -0.199. The third-order valence-corrected chi connectivity index (χ3v) is 7.45. The maximum atomic E-state index is 13.5. The zero-order chi connectivity index (χ0) is 22.8. The second kappa shape index (κ2) is 9.37. The molecule has 6 nitrogen and oxygen atoms in total. The van der Waals surface area contributed by atoms with E-state index in [9.17, 15) is 9.18 Å². The average molecular weight is 453 g/mol. The first-order valence-electron chi connectivity index (χ1n) is 12.3. The zero-order valence-corrected chi connectivity index (χ0v) is 19.4. The van der Waals surface area contributed by atoms with Gasteiger partial charge in [0.05, 0.1) is 12.7 Å². The van der Waals surface area contributed by atoms with E-state index in [4.69, 9.17) is 4.74 Å². The number of hydrogen-bond acceptors (Lipinski definition) is 5.